The number of thiophene rings is 1. The fraction of sp³-hybridized carbons (Fsp3) is 0.632. The smallest absolute Gasteiger partial charge is 0.341 e. The van der Waals surface area contributed by atoms with Crippen molar-refractivity contribution >= 4 is 34.1 Å². The number of carbonyl (C=O) groups is 3. The molecule has 2 rings (SSSR count). The van der Waals surface area contributed by atoms with E-state index >= 15 is 0 Å². The third-order valence-corrected chi connectivity index (χ3v) is 5.71. The molecule has 7 heteroatoms. The van der Waals surface area contributed by atoms with Crippen molar-refractivity contribution in [3.63, 3.8) is 0 Å². The summed E-state index contributed by atoms with van der Waals surface area (Å²) in [6.07, 6.45) is 6.51. The Morgan fingerprint density at radius 1 is 1.15 bits per heavy atom. The Hall–Kier alpha value is -1.89. The van der Waals surface area contributed by atoms with Gasteiger partial charge < -0.3 is 15.4 Å². The summed E-state index contributed by atoms with van der Waals surface area (Å²) in [6, 6.07) is 0.182. The maximum Gasteiger partial charge on any atom is 0.341 e. The fourth-order valence-corrected chi connectivity index (χ4v) is 4.30. The van der Waals surface area contributed by atoms with Crippen LogP contribution in [0.25, 0.3) is 0 Å². The van der Waals surface area contributed by atoms with Gasteiger partial charge in [-0.1, -0.05) is 26.2 Å². The van der Waals surface area contributed by atoms with E-state index in [1.807, 2.05) is 6.92 Å². The lowest BCUT2D eigenvalue weighted by Crippen LogP contribution is -2.36. The SMILES string of the molecule is CCCC(=O)Nc1sc(C(=O)NC2CCCCC2)c(C)c1C(=O)OCC. The summed E-state index contributed by atoms with van der Waals surface area (Å²) >= 11 is 1.15. The molecule has 0 atom stereocenters. The van der Waals surface area contributed by atoms with E-state index in [-0.39, 0.29) is 30.0 Å². The van der Waals surface area contributed by atoms with Crippen molar-refractivity contribution in [3.05, 3.63) is 16.0 Å². The first-order valence-electron chi connectivity index (χ1n) is 9.39. The average Bonchev–Trinajstić information content (AvgIpc) is 2.92. The maximum atomic E-state index is 12.7. The molecular weight excluding hydrogens is 352 g/mol. The molecule has 0 saturated heterocycles. The molecule has 0 aromatic carbocycles. The van der Waals surface area contributed by atoms with Crippen molar-refractivity contribution in [1.82, 2.24) is 5.32 Å². The van der Waals surface area contributed by atoms with Gasteiger partial charge in [0.2, 0.25) is 5.91 Å². The lowest BCUT2D eigenvalue weighted by molar-refractivity contribution is -0.116. The van der Waals surface area contributed by atoms with E-state index in [0.29, 0.717) is 28.3 Å². The second-order valence-corrected chi connectivity index (χ2v) is 7.61. The Morgan fingerprint density at radius 3 is 2.46 bits per heavy atom. The molecule has 0 bridgehead atoms. The molecule has 1 aliphatic rings. The molecule has 0 spiro atoms. The first-order chi connectivity index (χ1) is 12.5. The van der Waals surface area contributed by atoms with Crippen LogP contribution in [0.15, 0.2) is 0 Å². The minimum atomic E-state index is -0.509. The predicted octanol–water partition coefficient (Wildman–Crippen LogP) is 4.03. The van der Waals surface area contributed by atoms with Gasteiger partial charge in [0.25, 0.3) is 5.91 Å². The van der Waals surface area contributed by atoms with Crippen LogP contribution in [-0.4, -0.2) is 30.4 Å². The minimum Gasteiger partial charge on any atom is -0.462 e. The maximum absolute atomic E-state index is 12.7. The number of rotatable bonds is 7. The molecule has 1 saturated carbocycles. The topological polar surface area (TPSA) is 84.5 Å². The van der Waals surface area contributed by atoms with Crippen molar-refractivity contribution in [2.75, 3.05) is 11.9 Å². The van der Waals surface area contributed by atoms with E-state index in [1.54, 1.807) is 13.8 Å². The van der Waals surface area contributed by atoms with Crippen molar-refractivity contribution in [1.29, 1.82) is 0 Å². The van der Waals surface area contributed by atoms with Crippen molar-refractivity contribution in [2.45, 2.75) is 71.8 Å². The van der Waals surface area contributed by atoms with Gasteiger partial charge in [-0.15, -0.1) is 11.3 Å². The highest BCUT2D eigenvalue weighted by Gasteiger charge is 2.27. The van der Waals surface area contributed by atoms with Gasteiger partial charge in [0.15, 0.2) is 0 Å². The van der Waals surface area contributed by atoms with E-state index in [9.17, 15) is 14.4 Å². The Morgan fingerprint density at radius 2 is 1.85 bits per heavy atom. The second-order valence-electron chi connectivity index (χ2n) is 6.59. The van der Waals surface area contributed by atoms with E-state index < -0.39 is 5.97 Å². The van der Waals surface area contributed by atoms with Crippen LogP contribution in [0, 0.1) is 6.92 Å². The quantitative estimate of drug-likeness (QED) is 0.699. The Kier molecular flexibility index (Phi) is 7.63. The molecule has 26 heavy (non-hydrogen) atoms. The number of amides is 2. The lowest BCUT2D eigenvalue weighted by Gasteiger charge is -2.22. The van der Waals surface area contributed by atoms with Gasteiger partial charge in [0, 0.05) is 12.5 Å². The molecule has 1 aromatic rings. The lowest BCUT2D eigenvalue weighted by atomic mass is 9.95. The van der Waals surface area contributed by atoms with Crippen molar-refractivity contribution in [3.8, 4) is 0 Å². The highest BCUT2D eigenvalue weighted by Crippen LogP contribution is 2.34. The summed E-state index contributed by atoms with van der Waals surface area (Å²) in [5.41, 5.74) is 0.851. The monoisotopic (exact) mass is 380 g/mol. The number of esters is 1. The van der Waals surface area contributed by atoms with E-state index in [4.69, 9.17) is 4.74 Å². The van der Waals surface area contributed by atoms with Crippen LogP contribution in [0.3, 0.4) is 0 Å². The van der Waals surface area contributed by atoms with Gasteiger partial charge in [-0.05, 0) is 38.7 Å². The Balaban J connectivity index is 2.26. The van der Waals surface area contributed by atoms with Gasteiger partial charge in [0.05, 0.1) is 17.0 Å². The van der Waals surface area contributed by atoms with Gasteiger partial charge in [0.1, 0.15) is 5.00 Å². The summed E-state index contributed by atoms with van der Waals surface area (Å²) in [6.45, 7) is 5.61. The third-order valence-electron chi connectivity index (χ3n) is 4.50. The van der Waals surface area contributed by atoms with E-state index in [2.05, 4.69) is 10.6 Å². The van der Waals surface area contributed by atoms with Crippen LogP contribution in [0.1, 0.15) is 84.4 Å². The molecule has 6 nitrogen and oxygen atoms in total. The third kappa shape index (κ3) is 5.06. The highest BCUT2D eigenvalue weighted by atomic mass is 32.1. The molecule has 2 amide bonds. The standard InChI is InChI=1S/C19H28N2O4S/c1-4-9-14(22)21-18-15(19(24)25-5-2)12(3)16(26-18)17(23)20-13-10-7-6-8-11-13/h13H,4-11H2,1-3H3,(H,20,23)(H,21,22). The van der Waals surface area contributed by atoms with Crippen LogP contribution in [0.2, 0.25) is 0 Å². The number of hydrogen-bond donors (Lipinski definition) is 2. The molecule has 144 valence electrons. The van der Waals surface area contributed by atoms with Gasteiger partial charge in [-0.2, -0.15) is 0 Å². The van der Waals surface area contributed by atoms with Crippen LogP contribution in [-0.2, 0) is 9.53 Å². The molecular formula is C19H28N2O4S. The van der Waals surface area contributed by atoms with Crippen LogP contribution < -0.4 is 10.6 Å². The first kappa shape index (κ1) is 20.4. The molecule has 0 aliphatic heterocycles. The van der Waals surface area contributed by atoms with Gasteiger partial charge in [-0.25, -0.2) is 4.79 Å². The molecule has 2 N–H and O–H groups in total. The summed E-state index contributed by atoms with van der Waals surface area (Å²) in [7, 11) is 0. The summed E-state index contributed by atoms with van der Waals surface area (Å²) in [4.78, 5) is 37.5. The van der Waals surface area contributed by atoms with Crippen molar-refractivity contribution < 1.29 is 19.1 Å². The average molecular weight is 381 g/mol. The van der Waals surface area contributed by atoms with Crippen LogP contribution in [0.5, 0.6) is 0 Å². The molecule has 1 fully saturated rings. The fourth-order valence-electron chi connectivity index (χ4n) is 3.18. The predicted molar refractivity (Wildman–Crippen MR) is 103 cm³/mol. The molecule has 1 aromatic heterocycles. The molecule has 0 radical (unpaired) electrons. The normalized spacial score (nSPS) is 14.7. The molecule has 1 heterocycles. The van der Waals surface area contributed by atoms with E-state index in [0.717, 1.165) is 37.0 Å². The first-order valence-corrected chi connectivity index (χ1v) is 10.2. The summed E-state index contributed by atoms with van der Waals surface area (Å²) in [5, 5.41) is 6.24. The Bertz CT molecular complexity index is 663. The van der Waals surface area contributed by atoms with Crippen LogP contribution >= 0.6 is 11.3 Å². The Labute approximate surface area is 158 Å². The largest absolute Gasteiger partial charge is 0.462 e. The second kappa shape index (κ2) is 9.71. The van der Waals surface area contributed by atoms with Gasteiger partial charge in [-0.3, -0.25) is 9.59 Å². The summed E-state index contributed by atoms with van der Waals surface area (Å²) < 4.78 is 5.12. The zero-order valence-electron chi connectivity index (χ0n) is 15.8. The number of ether oxygens (including phenoxy) is 1. The van der Waals surface area contributed by atoms with Gasteiger partial charge >= 0.3 is 5.97 Å². The zero-order chi connectivity index (χ0) is 19.1. The molecule has 0 unspecified atom stereocenters. The number of carbonyl (C=O) groups excluding carboxylic acids is 3. The molecule has 1 aliphatic carbocycles. The number of hydrogen-bond acceptors (Lipinski definition) is 5. The number of anilines is 1. The van der Waals surface area contributed by atoms with E-state index in [1.165, 1.54) is 6.42 Å². The minimum absolute atomic E-state index is 0.168. The van der Waals surface area contributed by atoms with Crippen LogP contribution in [0.4, 0.5) is 5.00 Å². The highest BCUT2D eigenvalue weighted by molar-refractivity contribution is 7.18. The zero-order valence-corrected chi connectivity index (χ0v) is 16.6. The summed E-state index contributed by atoms with van der Waals surface area (Å²) in [5.74, 6) is -0.857. The number of nitrogens with one attached hydrogen (secondary N) is 2. The van der Waals surface area contributed by atoms with Crippen molar-refractivity contribution in [2.24, 2.45) is 0 Å².